The molecule has 0 heterocycles. The van der Waals surface area contributed by atoms with Crippen molar-refractivity contribution in [3.05, 3.63) is 24.3 Å². The van der Waals surface area contributed by atoms with Gasteiger partial charge in [-0.25, -0.2) is 9.59 Å². The van der Waals surface area contributed by atoms with Crippen LogP contribution in [0.5, 0.6) is 0 Å². The highest BCUT2D eigenvalue weighted by Crippen LogP contribution is 2.66. The van der Waals surface area contributed by atoms with Gasteiger partial charge in [-0.15, -0.1) is 0 Å². The van der Waals surface area contributed by atoms with Crippen LogP contribution in [0.3, 0.4) is 0 Å². The van der Waals surface area contributed by atoms with Crippen molar-refractivity contribution in [1.82, 2.24) is 4.90 Å². The fourth-order valence-electron chi connectivity index (χ4n) is 13.1. The normalized spacial score (nSPS) is 31.2. The topological polar surface area (TPSA) is 205 Å². The summed E-state index contributed by atoms with van der Waals surface area (Å²) in [6, 6.07) is 3.43. The van der Waals surface area contributed by atoms with E-state index in [2.05, 4.69) is 136 Å². The molecule has 0 spiro atoms. The van der Waals surface area contributed by atoms with Crippen LogP contribution in [0, 0.1) is 33.0 Å². The molecule has 8 rings (SSSR count). The molecule has 3 N–H and O–H groups in total. The molecule has 0 aliphatic heterocycles. The minimum Gasteiger partial charge on any atom is -0.455 e. The minimum atomic E-state index is -1.15. The van der Waals surface area contributed by atoms with Crippen molar-refractivity contribution in [3.63, 3.8) is 0 Å². The van der Waals surface area contributed by atoms with E-state index in [0.29, 0.717) is 82.1 Å². The third-order valence-corrected chi connectivity index (χ3v) is 14.5. The predicted molar refractivity (Wildman–Crippen MR) is 310 cm³/mol. The first kappa shape index (κ1) is 72.9. The molecule has 0 unspecified atom stereocenters. The van der Waals surface area contributed by atoms with Gasteiger partial charge in [-0.2, -0.15) is 5.26 Å². The van der Waals surface area contributed by atoms with Gasteiger partial charge in [-0.1, -0.05) is 115 Å². The molecule has 0 aromatic carbocycles. The second-order valence-corrected chi connectivity index (χ2v) is 30.0. The molecule has 8 fully saturated rings. The highest BCUT2D eigenvalue weighted by atomic mass is 35.5. The molecule has 8 aliphatic rings. The van der Waals surface area contributed by atoms with Crippen molar-refractivity contribution in [2.75, 3.05) is 59.4 Å². The summed E-state index contributed by atoms with van der Waals surface area (Å²) in [5.41, 5.74) is -6.20. The van der Waals surface area contributed by atoms with E-state index in [0.717, 1.165) is 13.2 Å². The molecule has 79 heavy (non-hydrogen) atoms. The summed E-state index contributed by atoms with van der Waals surface area (Å²) >= 11 is 5.29. The van der Waals surface area contributed by atoms with Gasteiger partial charge >= 0.3 is 11.9 Å². The first-order valence-electron chi connectivity index (χ1n) is 28.6. The number of nitrogens with zero attached hydrogens (tertiary/aromatic N) is 2. The van der Waals surface area contributed by atoms with Gasteiger partial charge in [0.1, 0.15) is 37.6 Å². The Kier molecular flexibility index (Phi) is 26.3. The Morgan fingerprint density at radius 1 is 0.519 bits per heavy atom. The molecule has 8 saturated carbocycles. The van der Waals surface area contributed by atoms with Crippen molar-refractivity contribution >= 4 is 23.5 Å². The van der Waals surface area contributed by atoms with Crippen LogP contribution in [0.2, 0.25) is 0 Å². The molecule has 0 radical (unpaired) electrons. The van der Waals surface area contributed by atoms with Crippen LogP contribution in [0.4, 0.5) is 0 Å². The van der Waals surface area contributed by atoms with Gasteiger partial charge in [0.25, 0.3) is 0 Å². The Bertz CT molecular complexity index is 1840. The number of ether oxygens (including phenoxy) is 9. The lowest BCUT2D eigenvalue weighted by Crippen LogP contribution is -2.74. The maximum Gasteiger partial charge on any atom is 0.333 e. The lowest BCUT2D eigenvalue weighted by Gasteiger charge is -2.68. The van der Waals surface area contributed by atoms with E-state index in [9.17, 15) is 24.9 Å². The molecule has 0 aromatic rings. The average molecular weight is 1140 g/mol. The van der Waals surface area contributed by atoms with Gasteiger partial charge in [-0.05, 0) is 69.7 Å². The molecular formula is C62H111ClN2O14. The Morgan fingerprint density at radius 2 is 0.759 bits per heavy atom. The lowest BCUT2D eigenvalue weighted by molar-refractivity contribution is -0.353. The van der Waals surface area contributed by atoms with Gasteiger partial charge in [0.15, 0.2) is 0 Å². The van der Waals surface area contributed by atoms with Gasteiger partial charge in [0.2, 0.25) is 0 Å². The number of aliphatic hydroxyl groups is 3. The van der Waals surface area contributed by atoms with Gasteiger partial charge in [-0.3, -0.25) is 4.90 Å². The zero-order valence-corrected chi connectivity index (χ0v) is 53.8. The number of rotatable bonds is 21. The van der Waals surface area contributed by atoms with E-state index >= 15 is 0 Å². The predicted octanol–water partition coefficient (Wildman–Crippen LogP) is 11.9. The summed E-state index contributed by atoms with van der Waals surface area (Å²) in [4.78, 5) is 27.2. The fraction of sp³-hybridized carbons (Fsp3) is 0.887. The van der Waals surface area contributed by atoms with Crippen LogP contribution in [0.1, 0.15) is 216 Å². The average Bonchev–Trinajstić information content (AvgIpc) is 3.22. The molecular weight excluding hydrogens is 1030 g/mol. The third kappa shape index (κ3) is 24.5. The summed E-state index contributed by atoms with van der Waals surface area (Å²) in [7, 11) is 0. The van der Waals surface area contributed by atoms with Gasteiger partial charge in [0.05, 0.1) is 66.1 Å². The van der Waals surface area contributed by atoms with Gasteiger partial charge < -0.3 is 58.0 Å². The van der Waals surface area contributed by atoms with Crippen molar-refractivity contribution in [2.45, 2.75) is 272 Å². The zero-order chi connectivity index (χ0) is 61.0. The van der Waals surface area contributed by atoms with Crippen molar-refractivity contribution in [1.29, 1.82) is 5.26 Å². The molecule has 0 aromatic heterocycles. The van der Waals surface area contributed by atoms with Crippen molar-refractivity contribution in [3.8, 4) is 6.07 Å². The van der Waals surface area contributed by atoms with Gasteiger partial charge in [0, 0.05) is 107 Å². The highest BCUT2D eigenvalue weighted by molar-refractivity contribution is 6.17. The number of alkyl halides is 1. The van der Waals surface area contributed by atoms with Crippen LogP contribution in [0.25, 0.3) is 0 Å². The van der Waals surface area contributed by atoms with Crippen LogP contribution in [-0.2, 0) is 52.2 Å². The number of carbonyl (C=O) groups excluding carboxylic acids is 2. The van der Waals surface area contributed by atoms with E-state index in [1.54, 1.807) is 19.9 Å². The summed E-state index contributed by atoms with van der Waals surface area (Å²) in [5, 5.41) is 38.9. The number of carbonyl (C=O) groups is 2. The first-order chi connectivity index (χ1) is 35.8. The monoisotopic (exact) mass is 1140 g/mol. The summed E-state index contributed by atoms with van der Waals surface area (Å²) < 4.78 is 54.4. The van der Waals surface area contributed by atoms with Crippen molar-refractivity contribution < 1.29 is 67.5 Å². The Labute approximate surface area is 483 Å². The third-order valence-electron chi connectivity index (χ3n) is 14.4. The highest BCUT2D eigenvalue weighted by Gasteiger charge is 2.73. The fourth-order valence-corrected chi connectivity index (χ4v) is 13.2. The van der Waals surface area contributed by atoms with Crippen LogP contribution in [-0.4, -0.2) is 148 Å². The van der Waals surface area contributed by atoms with Crippen LogP contribution < -0.4 is 0 Å². The first-order valence-corrected chi connectivity index (χ1v) is 29.2. The molecule has 17 heteroatoms. The van der Waals surface area contributed by atoms with Crippen LogP contribution in [0.15, 0.2) is 24.3 Å². The van der Waals surface area contributed by atoms with E-state index in [1.807, 2.05) is 0 Å². The smallest absolute Gasteiger partial charge is 0.333 e. The number of hydrogen-bond acceptors (Lipinski definition) is 16. The largest absolute Gasteiger partial charge is 0.455 e. The maximum atomic E-state index is 12.9. The minimum absolute atomic E-state index is 0.0204. The summed E-state index contributed by atoms with van der Waals surface area (Å²) in [6.45, 7) is 52.8. The molecule has 8 bridgehead atoms. The lowest BCUT2D eigenvalue weighted by atomic mass is 9.48. The Hall–Kier alpha value is -2.24. The molecule has 0 amide bonds. The number of esters is 2. The van der Waals surface area contributed by atoms with Crippen LogP contribution >= 0.6 is 11.6 Å². The van der Waals surface area contributed by atoms with E-state index < -0.39 is 56.7 Å². The Balaban J connectivity index is 0.000000444. The Morgan fingerprint density at radius 3 is 0.949 bits per heavy atom. The quantitative estimate of drug-likeness (QED) is 0.0321. The second kappa shape index (κ2) is 28.6. The maximum absolute atomic E-state index is 12.9. The van der Waals surface area contributed by atoms with E-state index in [4.69, 9.17) is 59.5 Å². The van der Waals surface area contributed by atoms with E-state index in [-0.39, 0.29) is 86.1 Å². The molecule has 460 valence electrons. The number of hydrogen-bond donors (Lipinski definition) is 3. The molecule has 0 atom stereocenters. The molecule has 16 nitrogen and oxygen atoms in total. The molecule has 8 aliphatic carbocycles. The standard InChI is InChI=1S/C32H56O8.C14H20O5.C8H19N.C6H13ClO.C2H3N/c1-24(2)25(33)40-32-15-29(37-21-34-18-26(3,4)5)12-30(16-32,38-22-35-19-27(6,7)8)14-31(13-29,17-32)39-23-36-20-28(9,10)11;1-9(2)10(15)19-14-6-11(16)3-12(17,7-14)5-13(18,4-11)8-14;1-6-9(7(2)3)8(4)5;1-6(2,3)4-8-5-7;1-2-3/h1,12-23H2,2-11H3;16-18H,1,3-8H2,2H3;7-8H,6H2,1-5H3;4-5H2,1-3H3;1H3. The number of nitriles is 1. The van der Waals surface area contributed by atoms with Crippen molar-refractivity contribution in [2.24, 2.45) is 21.7 Å². The summed E-state index contributed by atoms with van der Waals surface area (Å²) in [5.74, 6) is -0.933. The number of halogens is 1. The van der Waals surface area contributed by atoms with E-state index in [1.165, 1.54) is 6.92 Å². The second-order valence-electron chi connectivity index (χ2n) is 29.8. The zero-order valence-electron chi connectivity index (χ0n) is 53.0. The SMILES string of the molecule is C=C(C)C(=O)OC12CC3(O)CC(O)(CC(O)(C3)C1)C2.C=C(C)C(=O)OC12CC3(OCOCC(C)(C)C)CC(OCOCC(C)(C)C)(CC(OCOCC(C)(C)C)(C3)C1)C2.CC#N.CC(C)(C)COCCl.CCN(C(C)C)C(C)C. The molecule has 0 saturated heterocycles. The summed E-state index contributed by atoms with van der Waals surface area (Å²) in [6.07, 6.45) is 5.20.